The molecule has 4 heteroatoms. The van der Waals surface area contributed by atoms with Gasteiger partial charge in [0.05, 0.1) is 0 Å². The maximum atomic E-state index is 0. The molecule has 0 spiro atoms. The molecule has 0 aliphatic rings. The van der Waals surface area contributed by atoms with E-state index in [0.29, 0.717) is 0 Å². The molecule has 0 aromatic carbocycles. The van der Waals surface area contributed by atoms with Crippen LogP contribution in [0.25, 0.3) is 0 Å². The first-order valence-corrected chi connectivity index (χ1v) is 0. The van der Waals surface area contributed by atoms with Crippen LogP contribution < -0.4 is 24.8 Å². The third kappa shape index (κ3) is 9.16. The maximum absolute atomic E-state index is 0. The van der Waals surface area contributed by atoms with Crippen molar-refractivity contribution >= 4 is 94.4 Å². The fourth-order valence-corrected chi connectivity index (χ4v) is 0. The average molecular weight is 296 g/mol. The molecule has 4 heavy (non-hydrogen) atoms. The Hall–Kier alpha value is 3.63. The summed E-state index contributed by atoms with van der Waals surface area (Å²) in [5, 5.41) is 0. The molecule has 0 amide bonds. The van der Waals surface area contributed by atoms with Gasteiger partial charge in [-0.3, -0.25) is 0 Å². The largest absolute Gasteiger partial charge is 2.00 e. The second kappa shape index (κ2) is 15.9. The van der Waals surface area contributed by atoms with E-state index in [1.165, 1.54) is 0 Å². The van der Waals surface area contributed by atoms with Crippen molar-refractivity contribution in [3.8, 4) is 0 Å². The maximum Gasteiger partial charge on any atom is 2.00 e. The van der Waals surface area contributed by atoms with Gasteiger partial charge in [-0.25, -0.2) is 0 Å². The Morgan fingerprint density at radius 2 is 0.750 bits per heavy atom. The van der Waals surface area contributed by atoms with Gasteiger partial charge in [-0.05, 0) is 0 Å². The zero-order chi connectivity index (χ0) is 0. The minimum absolute atomic E-state index is 0. The summed E-state index contributed by atoms with van der Waals surface area (Å²) in [5.74, 6) is 0. The van der Waals surface area contributed by atoms with Crippen LogP contribution in [0.1, 0.15) is 0 Å². The number of hydrogen-bond acceptors (Lipinski definition) is 0. The van der Waals surface area contributed by atoms with Crippen LogP contribution in [0.15, 0.2) is 0 Å². The monoisotopic (exact) mass is 296 g/mol. The number of hydrogen-bond donors (Lipinski definition) is 0. The minimum Gasteiger partial charge on any atom is -1.00 e. The van der Waals surface area contributed by atoms with Crippen molar-refractivity contribution in [1.29, 1.82) is 0 Å². The Morgan fingerprint density at radius 1 is 0.750 bits per heavy atom. The van der Waals surface area contributed by atoms with E-state index in [2.05, 4.69) is 0 Å². The van der Waals surface area contributed by atoms with Crippen LogP contribution in [-0.4, -0.2) is 94.4 Å². The molecular formula is BaCl2Sr+2. The zero-order valence-corrected chi connectivity index (χ0v) is 11.6. The molecule has 0 radical (unpaired) electrons. The van der Waals surface area contributed by atoms with Gasteiger partial charge in [-0.2, -0.15) is 0 Å². The van der Waals surface area contributed by atoms with Crippen molar-refractivity contribution in [2.45, 2.75) is 0 Å². The summed E-state index contributed by atoms with van der Waals surface area (Å²) in [4.78, 5) is 0. The quantitative estimate of drug-likeness (QED) is 0.390. The molecule has 0 nitrogen and oxygen atoms in total. The molecule has 0 aromatic heterocycles. The van der Waals surface area contributed by atoms with E-state index in [9.17, 15) is 0 Å². The first kappa shape index (κ1) is 25.4. The van der Waals surface area contributed by atoms with Gasteiger partial charge in [-0.1, -0.05) is 0 Å². The molecule has 0 heterocycles. The molecule has 0 rings (SSSR count). The molecule has 0 aliphatic heterocycles. The SMILES string of the molecule is [Ba+2].[Cl-].[Cl-].[Sr+2]. The normalized spacial score (nSPS) is 0. The van der Waals surface area contributed by atoms with Gasteiger partial charge in [0, 0.05) is 0 Å². The summed E-state index contributed by atoms with van der Waals surface area (Å²) >= 11 is 0. The molecule has 0 aliphatic carbocycles. The van der Waals surface area contributed by atoms with Gasteiger partial charge in [0.1, 0.15) is 0 Å². The van der Waals surface area contributed by atoms with E-state index in [4.69, 9.17) is 0 Å². The summed E-state index contributed by atoms with van der Waals surface area (Å²) in [5.41, 5.74) is 0. The molecule has 16 valence electrons. The van der Waals surface area contributed by atoms with E-state index in [-0.39, 0.29) is 119 Å². The van der Waals surface area contributed by atoms with Crippen molar-refractivity contribution in [1.82, 2.24) is 0 Å². The van der Waals surface area contributed by atoms with Crippen molar-refractivity contribution in [2.24, 2.45) is 0 Å². The van der Waals surface area contributed by atoms with Crippen LogP contribution in [0.5, 0.6) is 0 Å². The van der Waals surface area contributed by atoms with Gasteiger partial charge in [0.15, 0.2) is 0 Å². The average Bonchev–Trinajstić information content (AvgIpc) is 0. The van der Waals surface area contributed by atoms with Crippen molar-refractivity contribution in [3.05, 3.63) is 0 Å². The van der Waals surface area contributed by atoms with E-state index < -0.39 is 0 Å². The first-order chi connectivity index (χ1) is 0. The molecule has 0 unspecified atom stereocenters. The number of halogens is 2. The summed E-state index contributed by atoms with van der Waals surface area (Å²) in [6, 6.07) is 0. The van der Waals surface area contributed by atoms with Crippen molar-refractivity contribution < 1.29 is 24.8 Å². The molecule has 0 saturated heterocycles. The van der Waals surface area contributed by atoms with Gasteiger partial charge in [0.2, 0.25) is 0 Å². The van der Waals surface area contributed by atoms with E-state index in [1.807, 2.05) is 0 Å². The van der Waals surface area contributed by atoms with Crippen LogP contribution in [0, 0.1) is 0 Å². The molecule has 0 atom stereocenters. The fourth-order valence-electron chi connectivity index (χ4n) is 0. The Labute approximate surface area is 116 Å². The molecule has 0 bridgehead atoms. The fraction of sp³-hybridized carbons (Fsp3) is 0. The van der Waals surface area contributed by atoms with E-state index in [1.54, 1.807) is 0 Å². The molecule has 0 aromatic rings. The standard InChI is InChI=1S/Ba.2ClH.Sr/h;2*1H;/q+2;;;+2/p-2. The third-order valence-corrected chi connectivity index (χ3v) is 0. The van der Waals surface area contributed by atoms with Crippen LogP contribution >= 0.6 is 0 Å². The molecule has 0 fully saturated rings. The number of rotatable bonds is 0. The van der Waals surface area contributed by atoms with E-state index >= 15 is 0 Å². The topological polar surface area (TPSA) is 0 Å². The zero-order valence-electron chi connectivity index (χ0n) is 2.17. The van der Waals surface area contributed by atoms with Gasteiger partial charge < -0.3 is 24.8 Å². The second-order valence-corrected chi connectivity index (χ2v) is 0. The molecular weight excluding hydrogens is 296 g/mol. The van der Waals surface area contributed by atoms with Gasteiger partial charge in [0.25, 0.3) is 0 Å². The summed E-state index contributed by atoms with van der Waals surface area (Å²) in [6.07, 6.45) is 0. The van der Waals surface area contributed by atoms with Crippen molar-refractivity contribution in [3.63, 3.8) is 0 Å². The Morgan fingerprint density at radius 3 is 0.750 bits per heavy atom. The Kier molecular flexibility index (Phi) is 101. The predicted octanol–water partition coefficient (Wildman–Crippen LogP) is -6.75. The minimum atomic E-state index is 0. The smallest absolute Gasteiger partial charge is 1.00 e. The summed E-state index contributed by atoms with van der Waals surface area (Å²) < 4.78 is 0. The third-order valence-electron chi connectivity index (χ3n) is 0. The van der Waals surface area contributed by atoms with Crippen LogP contribution in [-0.2, 0) is 0 Å². The Balaban J connectivity index is 0. The first-order valence-electron chi connectivity index (χ1n) is 0. The summed E-state index contributed by atoms with van der Waals surface area (Å²) in [6.45, 7) is 0. The van der Waals surface area contributed by atoms with Crippen LogP contribution in [0.3, 0.4) is 0 Å². The van der Waals surface area contributed by atoms with Gasteiger partial charge in [-0.15, -0.1) is 0 Å². The summed E-state index contributed by atoms with van der Waals surface area (Å²) in [7, 11) is 0. The second-order valence-electron chi connectivity index (χ2n) is 0. The predicted molar refractivity (Wildman–Crippen MR) is 11.5 cm³/mol. The molecule has 0 N–H and O–H groups in total. The van der Waals surface area contributed by atoms with Crippen molar-refractivity contribution in [2.75, 3.05) is 0 Å². The van der Waals surface area contributed by atoms with Crippen LogP contribution in [0.4, 0.5) is 0 Å². The Bertz CT molecular complexity index is 6.00. The van der Waals surface area contributed by atoms with E-state index in [0.717, 1.165) is 0 Å². The van der Waals surface area contributed by atoms with Gasteiger partial charge >= 0.3 is 94.4 Å². The van der Waals surface area contributed by atoms with Crippen LogP contribution in [0.2, 0.25) is 0 Å². The molecule has 0 saturated carbocycles.